The number of β-amino-alcohol motifs (C(OH)–C–C–N with tert-alkyl or cyclic N) is 1. The summed E-state index contributed by atoms with van der Waals surface area (Å²) in [6.07, 6.45) is 6.10. The molecule has 4 N–H and O–H groups in total. The molecule has 0 radical (unpaired) electrons. The van der Waals surface area contributed by atoms with Crippen molar-refractivity contribution in [2.75, 3.05) is 25.4 Å². The summed E-state index contributed by atoms with van der Waals surface area (Å²) in [7, 11) is 0. The molecular weight excluding hydrogens is 232 g/mol. The standard InChI is InChI=1S/C12H22N4O2/c13-10-5-14-16(6-10)8-12(18)7-15-4-2-1-3-11(15)9-17/h5-6,11-12,17-18H,1-4,7-9,13H2. The van der Waals surface area contributed by atoms with Gasteiger partial charge in [0, 0.05) is 18.8 Å². The molecule has 2 heterocycles. The zero-order valence-corrected chi connectivity index (χ0v) is 10.6. The van der Waals surface area contributed by atoms with Gasteiger partial charge >= 0.3 is 0 Å². The summed E-state index contributed by atoms with van der Waals surface area (Å²) in [5.41, 5.74) is 6.18. The van der Waals surface area contributed by atoms with Gasteiger partial charge in [-0.2, -0.15) is 5.10 Å². The summed E-state index contributed by atoms with van der Waals surface area (Å²) in [5, 5.41) is 23.4. The molecular formula is C12H22N4O2. The van der Waals surface area contributed by atoms with Gasteiger partial charge in [-0.3, -0.25) is 9.58 Å². The summed E-state index contributed by atoms with van der Waals surface area (Å²) in [6.45, 7) is 2.13. The van der Waals surface area contributed by atoms with E-state index in [1.807, 2.05) is 0 Å². The van der Waals surface area contributed by atoms with E-state index in [0.29, 0.717) is 18.8 Å². The maximum Gasteiger partial charge on any atom is 0.0862 e. The zero-order chi connectivity index (χ0) is 13.0. The number of aliphatic hydroxyl groups excluding tert-OH is 2. The van der Waals surface area contributed by atoms with Gasteiger partial charge in [0.1, 0.15) is 0 Å². The topological polar surface area (TPSA) is 87.5 Å². The third-order valence-electron chi connectivity index (χ3n) is 3.46. The number of rotatable bonds is 5. The molecule has 1 aromatic rings. The minimum absolute atomic E-state index is 0.168. The van der Waals surface area contributed by atoms with E-state index in [4.69, 9.17) is 5.73 Å². The van der Waals surface area contributed by atoms with Crippen molar-refractivity contribution in [3.05, 3.63) is 12.4 Å². The van der Waals surface area contributed by atoms with Crippen LogP contribution in [0.4, 0.5) is 5.69 Å². The Morgan fingerprint density at radius 1 is 1.44 bits per heavy atom. The second-order valence-electron chi connectivity index (χ2n) is 4.98. The number of nitrogens with zero attached hydrogens (tertiary/aromatic N) is 3. The highest BCUT2D eigenvalue weighted by Gasteiger charge is 2.23. The highest BCUT2D eigenvalue weighted by Crippen LogP contribution is 2.17. The molecule has 102 valence electrons. The molecule has 2 unspecified atom stereocenters. The summed E-state index contributed by atoms with van der Waals surface area (Å²) >= 11 is 0. The van der Waals surface area contributed by atoms with Crippen molar-refractivity contribution in [3.8, 4) is 0 Å². The third-order valence-corrected chi connectivity index (χ3v) is 3.46. The molecule has 0 saturated carbocycles. The molecule has 18 heavy (non-hydrogen) atoms. The molecule has 0 aliphatic carbocycles. The number of aromatic nitrogens is 2. The van der Waals surface area contributed by atoms with Crippen LogP contribution in [0.2, 0.25) is 0 Å². The Morgan fingerprint density at radius 2 is 2.28 bits per heavy atom. The van der Waals surface area contributed by atoms with Crippen molar-refractivity contribution in [2.45, 2.75) is 38.0 Å². The lowest BCUT2D eigenvalue weighted by Gasteiger charge is -2.35. The van der Waals surface area contributed by atoms with E-state index < -0.39 is 6.10 Å². The molecule has 1 saturated heterocycles. The van der Waals surface area contributed by atoms with Gasteiger partial charge in [0.05, 0.1) is 31.1 Å². The SMILES string of the molecule is Nc1cnn(CC(O)CN2CCCCC2CO)c1. The monoisotopic (exact) mass is 254 g/mol. The van der Waals surface area contributed by atoms with Crippen LogP contribution in [0.25, 0.3) is 0 Å². The molecule has 0 bridgehead atoms. The van der Waals surface area contributed by atoms with Gasteiger partial charge in [-0.05, 0) is 19.4 Å². The fourth-order valence-electron chi connectivity index (χ4n) is 2.53. The molecule has 6 nitrogen and oxygen atoms in total. The number of aliphatic hydroxyl groups is 2. The van der Waals surface area contributed by atoms with Crippen LogP contribution in [0.3, 0.4) is 0 Å². The van der Waals surface area contributed by atoms with Crippen LogP contribution in [0.5, 0.6) is 0 Å². The van der Waals surface area contributed by atoms with Crippen molar-refractivity contribution in [3.63, 3.8) is 0 Å². The second kappa shape index (κ2) is 6.17. The number of nitrogens with two attached hydrogens (primary N) is 1. The molecule has 1 aliphatic heterocycles. The van der Waals surface area contributed by atoms with E-state index >= 15 is 0 Å². The van der Waals surface area contributed by atoms with E-state index in [-0.39, 0.29) is 12.6 Å². The Kier molecular flexibility index (Phi) is 4.57. The lowest BCUT2D eigenvalue weighted by Crippen LogP contribution is -2.46. The number of nitrogen functional groups attached to an aromatic ring is 1. The molecule has 1 fully saturated rings. The summed E-state index contributed by atoms with van der Waals surface area (Å²) in [5.74, 6) is 0. The minimum Gasteiger partial charge on any atom is -0.396 e. The average molecular weight is 254 g/mol. The molecule has 2 atom stereocenters. The van der Waals surface area contributed by atoms with Crippen LogP contribution in [0.15, 0.2) is 12.4 Å². The van der Waals surface area contributed by atoms with E-state index in [9.17, 15) is 10.2 Å². The summed E-state index contributed by atoms with van der Waals surface area (Å²) in [4.78, 5) is 2.17. The number of anilines is 1. The van der Waals surface area contributed by atoms with Crippen LogP contribution in [0.1, 0.15) is 19.3 Å². The van der Waals surface area contributed by atoms with Crippen molar-refractivity contribution < 1.29 is 10.2 Å². The third kappa shape index (κ3) is 3.44. The number of piperidine rings is 1. The lowest BCUT2D eigenvalue weighted by atomic mass is 10.0. The molecule has 1 aliphatic rings. The number of hydrogen-bond acceptors (Lipinski definition) is 5. The Hall–Kier alpha value is -1.11. The normalized spacial score (nSPS) is 23.1. The fourth-order valence-corrected chi connectivity index (χ4v) is 2.53. The van der Waals surface area contributed by atoms with Crippen molar-refractivity contribution in [1.82, 2.24) is 14.7 Å². The van der Waals surface area contributed by atoms with Gasteiger partial charge in [-0.15, -0.1) is 0 Å². The minimum atomic E-state index is -0.489. The van der Waals surface area contributed by atoms with Crippen LogP contribution in [-0.4, -0.2) is 56.7 Å². The smallest absolute Gasteiger partial charge is 0.0862 e. The first kappa shape index (κ1) is 13.3. The maximum absolute atomic E-state index is 10.1. The predicted molar refractivity (Wildman–Crippen MR) is 68.9 cm³/mol. The highest BCUT2D eigenvalue weighted by molar-refractivity contribution is 5.30. The highest BCUT2D eigenvalue weighted by atomic mass is 16.3. The number of likely N-dealkylation sites (tertiary alicyclic amines) is 1. The molecule has 0 aromatic carbocycles. The Balaban J connectivity index is 1.84. The predicted octanol–water partition coefficient (Wildman–Crippen LogP) is -0.327. The summed E-state index contributed by atoms with van der Waals surface area (Å²) < 4.78 is 1.65. The largest absolute Gasteiger partial charge is 0.396 e. The first-order valence-corrected chi connectivity index (χ1v) is 6.50. The Morgan fingerprint density at radius 3 is 2.94 bits per heavy atom. The average Bonchev–Trinajstić information content (AvgIpc) is 2.75. The lowest BCUT2D eigenvalue weighted by molar-refractivity contribution is 0.0347. The molecule has 1 aromatic heterocycles. The van der Waals surface area contributed by atoms with Crippen molar-refractivity contribution in [2.24, 2.45) is 0 Å². The van der Waals surface area contributed by atoms with Crippen molar-refractivity contribution in [1.29, 1.82) is 0 Å². The van der Waals surface area contributed by atoms with E-state index in [0.717, 1.165) is 25.8 Å². The van der Waals surface area contributed by atoms with Crippen LogP contribution in [-0.2, 0) is 6.54 Å². The molecule has 0 amide bonds. The first-order chi connectivity index (χ1) is 8.69. The van der Waals surface area contributed by atoms with E-state index in [1.54, 1.807) is 17.1 Å². The maximum atomic E-state index is 10.1. The fraction of sp³-hybridized carbons (Fsp3) is 0.750. The Bertz CT molecular complexity index is 369. The van der Waals surface area contributed by atoms with Gasteiger partial charge in [-0.1, -0.05) is 6.42 Å². The van der Waals surface area contributed by atoms with Gasteiger partial charge in [-0.25, -0.2) is 0 Å². The Labute approximate surface area is 107 Å². The van der Waals surface area contributed by atoms with Gasteiger partial charge < -0.3 is 15.9 Å². The van der Waals surface area contributed by atoms with Crippen LogP contribution < -0.4 is 5.73 Å². The first-order valence-electron chi connectivity index (χ1n) is 6.50. The second-order valence-corrected chi connectivity index (χ2v) is 4.98. The van der Waals surface area contributed by atoms with E-state index in [1.165, 1.54) is 0 Å². The van der Waals surface area contributed by atoms with Gasteiger partial charge in [0.25, 0.3) is 0 Å². The van der Waals surface area contributed by atoms with Gasteiger partial charge in [0.15, 0.2) is 0 Å². The summed E-state index contributed by atoms with van der Waals surface area (Å²) in [6, 6.07) is 0.191. The molecule has 0 spiro atoms. The van der Waals surface area contributed by atoms with Gasteiger partial charge in [0.2, 0.25) is 0 Å². The van der Waals surface area contributed by atoms with Crippen LogP contribution >= 0.6 is 0 Å². The van der Waals surface area contributed by atoms with E-state index in [2.05, 4.69) is 10.00 Å². The van der Waals surface area contributed by atoms with Crippen molar-refractivity contribution >= 4 is 5.69 Å². The quantitative estimate of drug-likeness (QED) is 0.670. The van der Waals surface area contributed by atoms with Crippen LogP contribution in [0, 0.1) is 0 Å². The molecule has 6 heteroatoms. The molecule has 2 rings (SSSR count). The number of hydrogen-bond donors (Lipinski definition) is 3. The zero-order valence-electron chi connectivity index (χ0n) is 10.6.